The average Bonchev–Trinajstić information content (AvgIpc) is 2.53. The number of nitrogens with two attached hydrogens (primary N) is 1. The fourth-order valence-electron chi connectivity index (χ4n) is 3.01. The van der Waals surface area contributed by atoms with Gasteiger partial charge in [-0.05, 0) is 31.4 Å². The van der Waals surface area contributed by atoms with Crippen molar-refractivity contribution in [1.82, 2.24) is 0 Å². The lowest BCUT2D eigenvalue weighted by molar-refractivity contribution is 0.0944. The normalized spacial score (nSPS) is 17.4. The summed E-state index contributed by atoms with van der Waals surface area (Å²) in [6.07, 6.45) is 6.83. The molecule has 4 N–H and O–H groups in total. The fourth-order valence-corrected chi connectivity index (χ4v) is 3.01. The van der Waals surface area contributed by atoms with E-state index < -0.39 is 0 Å². The molecule has 0 saturated heterocycles. The number of nitrogens with one attached hydrogen (secondary N) is 1. The molecule has 0 heterocycles. The van der Waals surface area contributed by atoms with Crippen LogP contribution in [0.2, 0.25) is 0 Å². The summed E-state index contributed by atoms with van der Waals surface area (Å²) < 4.78 is 5.66. The molecule has 1 aromatic rings. The highest BCUT2D eigenvalue weighted by atomic mass is 16.5. The lowest BCUT2D eigenvalue weighted by Crippen LogP contribution is -2.35. The van der Waals surface area contributed by atoms with Gasteiger partial charge >= 0.3 is 0 Å². The number of hydrogen-bond acceptors (Lipinski definition) is 4. The second-order valence-electron chi connectivity index (χ2n) is 6.14. The molecule has 4 nitrogen and oxygen atoms in total. The number of aliphatic hydroxyl groups is 1. The Bertz CT molecular complexity index is 442. The minimum Gasteiger partial charge on any atom is -0.491 e. The van der Waals surface area contributed by atoms with Gasteiger partial charge in [0.05, 0.1) is 24.6 Å². The SMILES string of the molecule is CCCOc1cccc(NCC2(CO)CCCCC2)c1N. The second-order valence-corrected chi connectivity index (χ2v) is 6.14. The summed E-state index contributed by atoms with van der Waals surface area (Å²) in [7, 11) is 0. The van der Waals surface area contributed by atoms with Gasteiger partial charge in [-0.3, -0.25) is 0 Å². The first-order valence-corrected chi connectivity index (χ1v) is 8.07. The average molecular weight is 292 g/mol. The highest BCUT2D eigenvalue weighted by molar-refractivity contribution is 5.72. The van der Waals surface area contributed by atoms with Gasteiger partial charge in [-0.2, -0.15) is 0 Å². The van der Waals surface area contributed by atoms with E-state index in [2.05, 4.69) is 12.2 Å². The Labute approximate surface area is 127 Å². The smallest absolute Gasteiger partial charge is 0.144 e. The van der Waals surface area contributed by atoms with Crippen molar-refractivity contribution >= 4 is 11.4 Å². The lowest BCUT2D eigenvalue weighted by Gasteiger charge is -2.36. The summed E-state index contributed by atoms with van der Waals surface area (Å²) in [6, 6.07) is 5.83. The fraction of sp³-hybridized carbons (Fsp3) is 0.647. The molecular weight excluding hydrogens is 264 g/mol. The van der Waals surface area contributed by atoms with Gasteiger partial charge in [-0.25, -0.2) is 0 Å². The van der Waals surface area contributed by atoms with E-state index in [1.54, 1.807) is 0 Å². The minimum absolute atomic E-state index is 0.00493. The molecule has 21 heavy (non-hydrogen) atoms. The van der Waals surface area contributed by atoms with E-state index in [4.69, 9.17) is 10.5 Å². The van der Waals surface area contributed by atoms with Crippen LogP contribution in [0.1, 0.15) is 45.4 Å². The first-order chi connectivity index (χ1) is 10.2. The Balaban J connectivity index is 2.02. The summed E-state index contributed by atoms with van der Waals surface area (Å²) in [5, 5.41) is 13.2. The zero-order valence-corrected chi connectivity index (χ0v) is 13.0. The molecule has 0 spiro atoms. The van der Waals surface area contributed by atoms with Crippen LogP contribution in [0.4, 0.5) is 11.4 Å². The van der Waals surface area contributed by atoms with Gasteiger partial charge in [0.2, 0.25) is 0 Å². The van der Waals surface area contributed by atoms with Crippen molar-refractivity contribution in [2.75, 3.05) is 30.8 Å². The van der Waals surface area contributed by atoms with Crippen LogP contribution in [0.3, 0.4) is 0 Å². The predicted octanol–water partition coefficient (Wildman–Crippen LogP) is 3.41. The van der Waals surface area contributed by atoms with E-state index in [0.717, 1.165) is 37.2 Å². The number of para-hydroxylation sites is 1. The van der Waals surface area contributed by atoms with Crippen LogP contribution in [0, 0.1) is 5.41 Å². The van der Waals surface area contributed by atoms with Crippen molar-refractivity contribution in [1.29, 1.82) is 0 Å². The first kappa shape index (κ1) is 16.0. The molecule has 1 fully saturated rings. The zero-order chi connectivity index (χ0) is 15.1. The predicted molar refractivity (Wildman–Crippen MR) is 87.7 cm³/mol. The van der Waals surface area contributed by atoms with Crippen molar-refractivity contribution in [3.05, 3.63) is 18.2 Å². The van der Waals surface area contributed by atoms with Crippen LogP contribution >= 0.6 is 0 Å². The molecule has 1 saturated carbocycles. The molecule has 1 aliphatic rings. The van der Waals surface area contributed by atoms with Crippen LogP contribution in [0.5, 0.6) is 5.75 Å². The molecule has 0 amide bonds. The monoisotopic (exact) mass is 292 g/mol. The Morgan fingerprint density at radius 1 is 1.29 bits per heavy atom. The van der Waals surface area contributed by atoms with Crippen molar-refractivity contribution in [3.8, 4) is 5.75 Å². The summed E-state index contributed by atoms with van der Waals surface area (Å²) in [4.78, 5) is 0. The van der Waals surface area contributed by atoms with E-state index in [9.17, 15) is 5.11 Å². The highest BCUT2D eigenvalue weighted by Gasteiger charge is 2.31. The number of anilines is 2. The van der Waals surface area contributed by atoms with Gasteiger partial charge < -0.3 is 20.9 Å². The van der Waals surface area contributed by atoms with E-state index in [1.165, 1.54) is 19.3 Å². The second kappa shape index (κ2) is 7.55. The van der Waals surface area contributed by atoms with Crippen molar-refractivity contribution in [3.63, 3.8) is 0 Å². The molecule has 4 heteroatoms. The molecule has 118 valence electrons. The largest absolute Gasteiger partial charge is 0.491 e. The van der Waals surface area contributed by atoms with Crippen molar-refractivity contribution in [2.24, 2.45) is 5.41 Å². The molecule has 2 rings (SSSR count). The zero-order valence-electron chi connectivity index (χ0n) is 13.0. The number of benzene rings is 1. The third-order valence-corrected chi connectivity index (χ3v) is 4.43. The molecule has 1 aromatic carbocycles. The van der Waals surface area contributed by atoms with Gasteiger partial charge in [0.25, 0.3) is 0 Å². The number of ether oxygens (including phenoxy) is 1. The van der Waals surface area contributed by atoms with Gasteiger partial charge in [0.1, 0.15) is 5.75 Å². The molecule has 0 bridgehead atoms. The molecule has 0 unspecified atom stereocenters. The maximum Gasteiger partial charge on any atom is 0.144 e. The van der Waals surface area contributed by atoms with E-state index in [-0.39, 0.29) is 12.0 Å². The first-order valence-electron chi connectivity index (χ1n) is 8.07. The van der Waals surface area contributed by atoms with Gasteiger partial charge in [0, 0.05) is 12.0 Å². The van der Waals surface area contributed by atoms with Crippen LogP contribution in [-0.4, -0.2) is 24.9 Å². The summed E-state index contributed by atoms with van der Waals surface area (Å²) in [6.45, 7) is 3.76. The maximum absolute atomic E-state index is 9.76. The number of nitrogen functional groups attached to an aromatic ring is 1. The molecule has 0 aliphatic heterocycles. The lowest BCUT2D eigenvalue weighted by atomic mass is 9.74. The Morgan fingerprint density at radius 3 is 2.71 bits per heavy atom. The van der Waals surface area contributed by atoms with Crippen LogP contribution < -0.4 is 15.8 Å². The Morgan fingerprint density at radius 2 is 2.05 bits per heavy atom. The topological polar surface area (TPSA) is 67.5 Å². The van der Waals surface area contributed by atoms with Crippen molar-refractivity contribution < 1.29 is 9.84 Å². The summed E-state index contributed by atoms with van der Waals surface area (Å²) in [5.74, 6) is 0.739. The van der Waals surface area contributed by atoms with Gasteiger partial charge in [0.15, 0.2) is 0 Å². The van der Waals surface area contributed by atoms with E-state index in [1.807, 2.05) is 18.2 Å². The van der Waals surface area contributed by atoms with E-state index in [0.29, 0.717) is 12.3 Å². The third kappa shape index (κ3) is 4.03. The minimum atomic E-state index is 0.00493. The van der Waals surface area contributed by atoms with Crippen LogP contribution in [0.25, 0.3) is 0 Å². The molecule has 0 aromatic heterocycles. The third-order valence-electron chi connectivity index (χ3n) is 4.43. The van der Waals surface area contributed by atoms with Crippen LogP contribution in [-0.2, 0) is 0 Å². The molecular formula is C17H28N2O2. The molecule has 1 aliphatic carbocycles. The van der Waals surface area contributed by atoms with Gasteiger partial charge in [-0.1, -0.05) is 32.3 Å². The summed E-state index contributed by atoms with van der Waals surface area (Å²) in [5.41, 5.74) is 7.75. The van der Waals surface area contributed by atoms with Crippen LogP contribution in [0.15, 0.2) is 18.2 Å². The van der Waals surface area contributed by atoms with Gasteiger partial charge in [-0.15, -0.1) is 0 Å². The maximum atomic E-state index is 9.76. The summed E-state index contributed by atoms with van der Waals surface area (Å²) >= 11 is 0. The Hall–Kier alpha value is -1.42. The number of hydrogen-bond donors (Lipinski definition) is 3. The molecule has 0 atom stereocenters. The highest BCUT2D eigenvalue weighted by Crippen LogP contribution is 2.37. The number of rotatable bonds is 7. The quantitative estimate of drug-likeness (QED) is 0.674. The van der Waals surface area contributed by atoms with E-state index >= 15 is 0 Å². The number of aliphatic hydroxyl groups excluding tert-OH is 1. The standard InChI is InChI=1S/C17H28N2O2/c1-2-11-21-15-8-6-7-14(16(15)18)19-12-17(13-20)9-4-3-5-10-17/h6-8,19-20H,2-5,9-13,18H2,1H3. The molecule has 0 radical (unpaired) electrons. The Kier molecular flexibility index (Phi) is 5.74. The van der Waals surface area contributed by atoms with Crippen molar-refractivity contribution in [2.45, 2.75) is 45.4 Å².